The molecule has 0 radical (unpaired) electrons. The van der Waals surface area contributed by atoms with E-state index in [1.165, 1.54) is 7.11 Å². The fourth-order valence-corrected chi connectivity index (χ4v) is 3.82. The van der Waals surface area contributed by atoms with Gasteiger partial charge in [0.05, 0.1) is 14.2 Å². The molecule has 28 heavy (non-hydrogen) atoms. The third-order valence-corrected chi connectivity index (χ3v) is 5.36. The van der Waals surface area contributed by atoms with Gasteiger partial charge in [0, 0.05) is 13.0 Å². The molecule has 0 amide bonds. The van der Waals surface area contributed by atoms with Crippen LogP contribution in [0.5, 0.6) is 11.5 Å². The summed E-state index contributed by atoms with van der Waals surface area (Å²) in [5.41, 5.74) is 0.657. The van der Waals surface area contributed by atoms with Crippen molar-refractivity contribution in [1.29, 1.82) is 0 Å². The summed E-state index contributed by atoms with van der Waals surface area (Å²) in [5, 5.41) is 27.4. The molecule has 0 aliphatic carbocycles. The lowest BCUT2D eigenvalue weighted by Crippen LogP contribution is -2.40. The number of carboxylic acids is 1. The second-order valence-electron chi connectivity index (χ2n) is 6.86. The zero-order valence-corrected chi connectivity index (χ0v) is 16.3. The zero-order valence-electron chi connectivity index (χ0n) is 16.3. The second-order valence-corrected chi connectivity index (χ2v) is 6.86. The molecule has 2 aromatic rings. The third-order valence-electron chi connectivity index (χ3n) is 5.36. The largest absolute Gasteiger partial charge is 0.493 e. The summed E-state index contributed by atoms with van der Waals surface area (Å²) in [5.74, 6) is 1.74. The summed E-state index contributed by atoms with van der Waals surface area (Å²) in [4.78, 5) is 14.0. The van der Waals surface area contributed by atoms with Crippen LogP contribution in [0.15, 0.2) is 18.2 Å². The van der Waals surface area contributed by atoms with Crippen LogP contribution in [0.1, 0.15) is 42.0 Å². The number of likely N-dealkylation sites (tertiary alicyclic amines) is 1. The van der Waals surface area contributed by atoms with Crippen LogP contribution < -0.4 is 9.47 Å². The van der Waals surface area contributed by atoms with Crippen molar-refractivity contribution >= 4 is 5.97 Å². The van der Waals surface area contributed by atoms with Gasteiger partial charge in [-0.05, 0) is 43.6 Å². The highest BCUT2D eigenvalue weighted by molar-refractivity contribution is 5.76. The van der Waals surface area contributed by atoms with E-state index in [1.54, 1.807) is 25.3 Å². The minimum Gasteiger partial charge on any atom is -0.493 e. The van der Waals surface area contributed by atoms with E-state index < -0.39 is 12.0 Å². The summed E-state index contributed by atoms with van der Waals surface area (Å²) in [6.07, 6.45) is 1.54. The Kier molecular flexibility index (Phi) is 6.15. The van der Waals surface area contributed by atoms with Crippen LogP contribution >= 0.6 is 0 Å². The molecule has 1 atom stereocenters. The molecule has 2 heterocycles. The molecule has 0 bridgehead atoms. The SMILES string of the molecule is COc1ccc(C(C(=O)O)N2CCC(c3nnc(CO)n3C)CC2)cc1OC. The van der Waals surface area contributed by atoms with Crippen molar-refractivity contribution in [3.05, 3.63) is 35.4 Å². The van der Waals surface area contributed by atoms with Crippen LogP contribution in [0, 0.1) is 0 Å². The van der Waals surface area contributed by atoms with Crippen molar-refractivity contribution in [2.75, 3.05) is 27.3 Å². The molecule has 1 unspecified atom stereocenters. The predicted octanol–water partition coefficient (Wildman–Crippen LogP) is 1.33. The van der Waals surface area contributed by atoms with Crippen LogP contribution in [0.3, 0.4) is 0 Å². The van der Waals surface area contributed by atoms with Crippen molar-refractivity contribution in [2.24, 2.45) is 7.05 Å². The molecule has 1 saturated heterocycles. The number of hydrogen-bond donors (Lipinski definition) is 2. The van der Waals surface area contributed by atoms with E-state index >= 15 is 0 Å². The number of rotatable bonds is 7. The van der Waals surface area contributed by atoms with E-state index in [1.807, 2.05) is 16.5 Å². The number of aliphatic hydroxyl groups excluding tert-OH is 1. The number of methoxy groups -OCH3 is 2. The monoisotopic (exact) mass is 390 g/mol. The van der Waals surface area contributed by atoms with Gasteiger partial charge >= 0.3 is 5.97 Å². The summed E-state index contributed by atoms with van der Waals surface area (Å²) < 4.78 is 12.4. The Hall–Kier alpha value is -2.65. The van der Waals surface area contributed by atoms with Gasteiger partial charge in [0.2, 0.25) is 0 Å². The summed E-state index contributed by atoms with van der Waals surface area (Å²) in [6.45, 7) is 1.09. The summed E-state index contributed by atoms with van der Waals surface area (Å²) in [7, 11) is 4.92. The average Bonchev–Trinajstić information content (AvgIpc) is 3.08. The van der Waals surface area contributed by atoms with Crippen molar-refractivity contribution in [3.63, 3.8) is 0 Å². The van der Waals surface area contributed by atoms with Crippen molar-refractivity contribution in [1.82, 2.24) is 19.7 Å². The lowest BCUT2D eigenvalue weighted by molar-refractivity contribution is -0.144. The molecule has 0 saturated carbocycles. The van der Waals surface area contributed by atoms with Gasteiger partial charge in [-0.3, -0.25) is 9.69 Å². The van der Waals surface area contributed by atoms with E-state index in [0.717, 1.165) is 18.7 Å². The number of carboxylic acid groups (broad SMARTS) is 1. The first-order valence-electron chi connectivity index (χ1n) is 9.18. The minimum atomic E-state index is -0.896. The molecule has 9 nitrogen and oxygen atoms in total. The Morgan fingerprint density at radius 2 is 1.89 bits per heavy atom. The van der Waals surface area contributed by atoms with Crippen LogP contribution in [0.25, 0.3) is 0 Å². The topological polar surface area (TPSA) is 110 Å². The fraction of sp³-hybridized carbons (Fsp3) is 0.526. The molecule has 1 aromatic carbocycles. The second kappa shape index (κ2) is 8.57. The molecular weight excluding hydrogens is 364 g/mol. The van der Waals surface area contributed by atoms with Gasteiger partial charge < -0.3 is 24.3 Å². The lowest BCUT2D eigenvalue weighted by Gasteiger charge is -2.35. The molecule has 1 aromatic heterocycles. The Morgan fingerprint density at radius 3 is 2.43 bits per heavy atom. The van der Waals surface area contributed by atoms with E-state index in [4.69, 9.17) is 9.47 Å². The molecule has 1 aliphatic rings. The standard InChI is InChI=1S/C19H26N4O5/c1-22-16(11-24)20-21-18(22)12-6-8-23(9-7-12)17(19(25)26)13-4-5-14(27-2)15(10-13)28-3/h4-5,10,12,17,24H,6-9,11H2,1-3H3,(H,25,26). The third kappa shape index (κ3) is 3.81. The molecule has 1 aliphatic heterocycles. The molecule has 152 valence electrons. The highest BCUT2D eigenvalue weighted by Gasteiger charge is 2.33. The molecular formula is C19H26N4O5. The van der Waals surface area contributed by atoms with Crippen molar-refractivity contribution in [3.8, 4) is 11.5 Å². The number of piperidine rings is 1. The minimum absolute atomic E-state index is 0.150. The average molecular weight is 390 g/mol. The maximum Gasteiger partial charge on any atom is 0.325 e. The quantitative estimate of drug-likeness (QED) is 0.729. The number of aliphatic hydroxyl groups is 1. The highest BCUT2D eigenvalue weighted by atomic mass is 16.5. The molecule has 3 rings (SSSR count). The number of aromatic nitrogens is 3. The van der Waals surface area contributed by atoms with Crippen molar-refractivity contribution < 1.29 is 24.5 Å². The molecule has 1 fully saturated rings. The lowest BCUT2D eigenvalue weighted by atomic mass is 9.93. The zero-order chi connectivity index (χ0) is 20.3. The Balaban J connectivity index is 1.76. The van der Waals surface area contributed by atoms with Gasteiger partial charge in [0.25, 0.3) is 0 Å². The van der Waals surface area contributed by atoms with Gasteiger partial charge in [-0.1, -0.05) is 6.07 Å². The van der Waals surface area contributed by atoms with Gasteiger partial charge in [-0.25, -0.2) is 0 Å². The first kappa shape index (κ1) is 20.1. The fourth-order valence-electron chi connectivity index (χ4n) is 3.82. The van der Waals surface area contributed by atoms with Gasteiger partial charge in [-0.2, -0.15) is 0 Å². The van der Waals surface area contributed by atoms with Crippen LogP contribution in [0.4, 0.5) is 0 Å². The highest BCUT2D eigenvalue weighted by Crippen LogP contribution is 2.35. The van der Waals surface area contributed by atoms with Crippen LogP contribution in [-0.2, 0) is 18.4 Å². The number of carbonyl (C=O) groups is 1. The summed E-state index contributed by atoms with van der Waals surface area (Å²) in [6, 6.07) is 4.46. The van der Waals surface area contributed by atoms with E-state index in [-0.39, 0.29) is 12.5 Å². The van der Waals surface area contributed by atoms with E-state index in [9.17, 15) is 15.0 Å². The van der Waals surface area contributed by atoms with Crippen molar-refractivity contribution in [2.45, 2.75) is 31.4 Å². The molecule has 2 N–H and O–H groups in total. The van der Waals surface area contributed by atoms with Gasteiger partial charge in [0.1, 0.15) is 18.5 Å². The first-order valence-corrected chi connectivity index (χ1v) is 9.18. The van der Waals surface area contributed by atoms with Crippen LogP contribution in [0.2, 0.25) is 0 Å². The maximum atomic E-state index is 12.0. The Morgan fingerprint density at radius 1 is 1.21 bits per heavy atom. The number of hydrogen-bond acceptors (Lipinski definition) is 7. The Bertz CT molecular complexity index is 830. The number of aliphatic carboxylic acids is 1. The maximum absolute atomic E-state index is 12.0. The van der Waals surface area contributed by atoms with Crippen LogP contribution in [-0.4, -0.2) is 63.2 Å². The number of ether oxygens (including phenoxy) is 2. The predicted molar refractivity (Wildman–Crippen MR) is 100 cm³/mol. The smallest absolute Gasteiger partial charge is 0.325 e. The van der Waals surface area contributed by atoms with E-state index in [0.29, 0.717) is 36.0 Å². The number of nitrogens with zero attached hydrogens (tertiary/aromatic N) is 4. The normalized spacial score (nSPS) is 16.7. The first-order chi connectivity index (χ1) is 13.5. The van der Waals surface area contributed by atoms with Gasteiger partial charge in [0.15, 0.2) is 17.3 Å². The molecule has 0 spiro atoms. The van der Waals surface area contributed by atoms with Gasteiger partial charge in [-0.15, -0.1) is 10.2 Å². The molecule has 9 heteroatoms. The number of benzene rings is 1. The summed E-state index contributed by atoms with van der Waals surface area (Å²) >= 11 is 0. The van der Waals surface area contributed by atoms with E-state index in [2.05, 4.69) is 10.2 Å². The Labute approximate surface area is 163 Å².